The fourth-order valence-electron chi connectivity index (χ4n) is 2.10. The molecule has 0 saturated heterocycles. The van der Waals surface area contributed by atoms with Gasteiger partial charge in [-0.15, -0.1) is 0 Å². The van der Waals surface area contributed by atoms with E-state index in [1.807, 2.05) is 13.0 Å². The number of nitrogens with zero attached hydrogens (tertiary/aromatic N) is 1. The predicted octanol–water partition coefficient (Wildman–Crippen LogP) is 4.04. The monoisotopic (exact) mass is 283 g/mol. The van der Waals surface area contributed by atoms with Crippen molar-refractivity contribution in [2.24, 2.45) is 5.73 Å². The standard InChI is InChI=1S/C16H17N3S/c1-10-3-8-14-15(9-10)19-16(18-14)20-13-6-4-12(5-7-13)11(2)17/h3-9,11H,17H2,1-2H3,(H,18,19). The minimum atomic E-state index is 0.0724. The van der Waals surface area contributed by atoms with Gasteiger partial charge in [0.2, 0.25) is 0 Å². The molecule has 0 aliphatic rings. The molecule has 0 aliphatic heterocycles. The summed E-state index contributed by atoms with van der Waals surface area (Å²) >= 11 is 1.63. The maximum atomic E-state index is 5.86. The molecule has 3 rings (SSSR count). The van der Waals surface area contributed by atoms with Gasteiger partial charge in [-0.3, -0.25) is 0 Å². The van der Waals surface area contributed by atoms with Gasteiger partial charge in [-0.25, -0.2) is 4.98 Å². The predicted molar refractivity (Wildman–Crippen MR) is 84.0 cm³/mol. The van der Waals surface area contributed by atoms with Crippen molar-refractivity contribution in [2.45, 2.75) is 29.9 Å². The first-order chi connectivity index (χ1) is 9.61. The fourth-order valence-corrected chi connectivity index (χ4v) is 2.90. The number of hydrogen-bond donors (Lipinski definition) is 2. The minimum Gasteiger partial charge on any atom is -0.333 e. The number of benzene rings is 2. The van der Waals surface area contributed by atoms with Crippen LogP contribution in [0.4, 0.5) is 0 Å². The van der Waals surface area contributed by atoms with Crippen molar-refractivity contribution in [1.29, 1.82) is 0 Å². The number of fused-ring (bicyclic) bond motifs is 1. The molecule has 0 aliphatic carbocycles. The van der Waals surface area contributed by atoms with Crippen LogP contribution in [0.25, 0.3) is 11.0 Å². The lowest BCUT2D eigenvalue weighted by Crippen LogP contribution is -2.04. The van der Waals surface area contributed by atoms with Crippen LogP contribution in [0.3, 0.4) is 0 Å². The molecule has 0 amide bonds. The van der Waals surface area contributed by atoms with Crippen molar-refractivity contribution in [3.05, 3.63) is 53.6 Å². The lowest BCUT2D eigenvalue weighted by Gasteiger charge is -2.05. The zero-order valence-electron chi connectivity index (χ0n) is 11.6. The Hall–Kier alpha value is -1.78. The van der Waals surface area contributed by atoms with E-state index in [2.05, 4.69) is 53.3 Å². The Kier molecular flexibility index (Phi) is 3.51. The Balaban J connectivity index is 1.85. The zero-order chi connectivity index (χ0) is 14.1. The van der Waals surface area contributed by atoms with E-state index in [9.17, 15) is 0 Å². The molecule has 0 bridgehead atoms. The first-order valence-corrected chi connectivity index (χ1v) is 7.43. The third-order valence-corrected chi connectivity index (χ3v) is 4.13. The van der Waals surface area contributed by atoms with Crippen LogP contribution in [0.2, 0.25) is 0 Å². The van der Waals surface area contributed by atoms with Gasteiger partial charge in [-0.2, -0.15) is 0 Å². The quantitative estimate of drug-likeness (QED) is 0.762. The number of rotatable bonds is 3. The summed E-state index contributed by atoms with van der Waals surface area (Å²) in [6, 6.07) is 14.6. The topological polar surface area (TPSA) is 54.7 Å². The van der Waals surface area contributed by atoms with Crippen LogP contribution >= 0.6 is 11.8 Å². The molecule has 1 atom stereocenters. The molecular weight excluding hydrogens is 266 g/mol. The SMILES string of the molecule is Cc1ccc2nc(Sc3ccc(C(C)N)cc3)[nH]c2c1. The fraction of sp³-hybridized carbons (Fsp3) is 0.188. The minimum absolute atomic E-state index is 0.0724. The van der Waals surface area contributed by atoms with E-state index in [1.165, 1.54) is 5.56 Å². The Labute approximate surface area is 122 Å². The summed E-state index contributed by atoms with van der Waals surface area (Å²) in [6.07, 6.45) is 0. The molecule has 3 nitrogen and oxygen atoms in total. The molecule has 102 valence electrons. The Bertz CT molecular complexity index is 729. The number of aromatic nitrogens is 2. The van der Waals surface area contributed by atoms with Gasteiger partial charge in [0.25, 0.3) is 0 Å². The van der Waals surface area contributed by atoms with Gasteiger partial charge in [-0.05, 0) is 49.2 Å². The summed E-state index contributed by atoms with van der Waals surface area (Å²) in [7, 11) is 0. The third-order valence-electron chi connectivity index (χ3n) is 3.24. The van der Waals surface area contributed by atoms with E-state index in [0.717, 1.165) is 26.6 Å². The number of nitrogens with two attached hydrogens (primary N) is 1. The highest BCUT2D eigenvalue weighted by molar-refractivity contribution is 7.99. The van der Waals surface area contributed by atoms with Gasteiger partial charge in [0, 0.05) is 10.9 Å². The molecule has 2 aromatic carbocycles. The molecule has 0 spiro atoms. The average molecular weight is 283 g/mol. The second-order valence-corrected chi connectivity index (χ2v) is 6.08. The molecule has 0 saturated carbocycles. The summed E-state index contributed by atoms with van der Waals surface area (Å²) in [5, 5.41) is 0.916. The van der Waals surface area contributed by atoms with Crippen LogP contribution in [-0.2, 0) is 0 Å². The molecule has 4 heteroatoms. The van der Waals surface area contributed by atoms with Gasteiger partial charge >= 0.3 is 0 Å². The molecule has 3 N–H and O–H groups in total. The summed E-state index contributed by atoms with van der Waals surface area (Å²) in [4.78, 5) is 9.10. The van der Waals surface area contributed by atoms with E-state index < -0.39 is 0 Å². The van der Waals surface area contributed by atoms with Crippen LogP contribution in [0.15, 0.2) is 52.5 Å². The maximum Gasteiger partial charge on any atom is 0.171 e. The van der Waals surface area contributed by atoms with Crippen molar-refractivity contribution in [2.75, 3.05) is 0 Å². The molecule has 0 fully saturated rings. The first kappa shape index (κ1) is 13.2. The number of H-pyrrole nitrogens is 1. The summed E-state index contributed by atoms with van der Waals surface area (Å²) < 4.78 is 0. The lowest BCUT2D eigenvalue weighted by atomic mass is 10.1. The molecule has 1 unspecified atom stereocenters. The van der Waals surface area contributed by atoms with Gasteiger partial charge in [0.1, 0.15) is 0 Å². The number of hydrogen-bond acceptors (Lipinski definition) is 3. The highest BCUT2D eigenvalue weighted by Gasteiger charge is 2.05. The number of nitrogens with one attached hydrogen (secondary N) is 1. The van der Waals surface area contributed by atoms with Crippen molar-refractivity contribution in [3.63, 3.8) is 0 Å². The largest absolute Gasteiger partial charge is 0.333 e. The lowest BCUT2D eigenvalue weighted by molar-refractivity contribution is 0.817. The van der Waals surface area contributed by atoms with E-state index in [-0.39, 0.29) is 6.04 Å². The summed E-state index contributed by atoms with van der Waals surface area (Å²) in [5.41, 5.74) is 10.3. The number of aromatic amines is 1. The Morgan fingerprint density at radius 1 is 1.15 bits per heavy atom. The van der Waals surface area contributed by atoms with Gasteiger partial charge in [0.05, 0.1) is 11.0 Å². The normalized spacial score (nSPS) is 12.8. The van der Waals surface area contributed by atoms with Crippen LogP contribution in [-0.4, -0.2) is 9.97 Å². The molecule has 1 aromatic heterocycles. The van der Waals surface area contributed by atoms with Crippen molar-refractivity contribution < 1.29 is 0 Å². The van der Waals surface area contributed by atoms with Crippen LogP contribution in [0.5, 0.6) is 0 Å². The second-order valence-electron chi connectivity index (χ2n) is 5.02. The maximum absolute atomic E-state index is 5.86. The van der Waals surface area contributed by atoms with Crippen LogP contribution in [0.1, 0.15) is 24.1 Å². The molecule has 20 heavy (non-hydrogen) atoms. The van der Waals surface area contributed by atoms with Crippen molar-refractivity contribution in [3.8, 4) is 0 Å². The van der Waals surface area contributed by atoms with Gasteiger partial charge in [0.15, 0.2) is 5.16 Å². The van der Waals surface area contributed by atoms with Gasteiger partial charge < -0.3 is 10.7 Å². The zero-order valence-corrected chi connectivity index (χ0v) is 12.4. The number of aryl methyl sites for hydroxylation is 1. The highest BCUT2D eigenvalue weighted by Crippen LogP contribution is 2.28. The molecule has 1 heterocycles. The number of imidazole rings is 1. The first-order valence-electron chi connectivity index (χ1n) is 6.61. The molecule has 0 radical (unpaired) electrons. The smallest absolute Gasteiger partial charge is 0.171 e. The average Bonchev–Trinajstić information content (AvgIpc) is 2.80. The van der Waals surface area contributed by atoms with E-state index in [1.54, 1.807) is 11.8 Å². The summed E-state index contributed by atoms with van der Waals surface area (Å²) in [5.74, 6) is 0. The molecular formula is C16H17N3S. The van der Waals surface area contributed by atoms with E-state index >= 15 is 0 Å². The molecule has 3 aromatic rings. The van der Waals surface area contributed by atoms with Crippen molar-refractivity contribution >= 4 is 22.8 Å². The second kappa shape index (κ2) is 5.31. The van der Waals surface area contributed by atoms with E-state index in [0.29, 0.717) is 0 Å². The van der Waals surface area contributed by atoms with Crippen LogP contribution < -0.4 is 5.73 Å². The van der Waals surface area contributed by atoms with Gasteiger partial charge in [-0.1, -0.05) is 30.0 Å². The van der Waals surface area contributed by atoms with E-state index in [4.69, 9.17) is 5.73 Å². The van der Waals surface area contributed by atoms with Crippen LogP contribution in [0, 0.1) is 6.92 Å². The highest BCUT2D eigenvalue weighted by atomic mass is 32.2. The third kappa shape index (κ3) is 2.71. The Morgan fingerprint density at radius 3 is 2.60 bits per heavy atom. The summed E-state index contributed by atoms with van der Waals surface area (Å²) in [6.45, 7) is 4.07. The van der Waals surface area contributed by atoms with Crippen molar-refractivity contribution in [1.82, 2.24) is 9.97 Å². The Morgan fingerprint density at radius 2 is 1.90 bits per heavy atom.